The van der Waals surface area contributed by atoms with E-state index < -0.39 is 0 Å². The van der Waals surface area contributed by atoms with E-state index in [1.807, 2.05) is 4.68 Å². The molecule has 1 unspecified atom stereocenters. The van der Waals surface area contributed by atoms with Gasteiger partial charge in [-0.1, -0.05) is 26.2 Å². The van der Waals surface area contributed by atoms with E-state index in [4.69, 9.17) is 0 Å². The third-order valence-electron chi connectivity index (χ3n) is 4.00. The Morgan fingerprint density at radius 3 is 2.85 bits per heavy atom. The Morgan fingerprint density at radius 2 is 2.15 bits per heavy atom. The van der Waals surface area contributed by atoms with Crippen LogP contribution in [-0.4, -0.2) is 38.4 Å². The lowest BCUT2D eigenvalue weighted by atomic mass is 10.0. The lowest BCUT2D eigenvalue weighted by molar-refractivity contribution is 0.508. The topological polar surface area (TPSA) is 42.7 Å². The van der Waals surface area contributed by atoms with Crippen molar-refractivity contribution in [1.82, 2.24) is 20.1 Å². The van der Waals surface area contributed by atoms with Gasteiger partial charge in [-0.3, -0.25) is 4.68 Å². The van der Waals surface area contributed by atoms with Crippen molar-refractivity contribution in [3.8, 4) is 0 Å². The average Bonchev–Trinajstić information content (AvgIpc) is 2.93. The molecule has 1 fully saturated rings. The van der Waals surface area contributed by atoms with Crippen LogP contribution in [0.25, 0.3) is 0 Å². The number of likely N-dealkylation sites (N-methyl/N-ethyl adjacent to an activating group) is 1. The van der Waals surface area contributed by atoms with Crippen LogP contribution >= 0.6 is 11.8 Å². The van der Waals surface area contributed by atoms with Crippen molar-refractivity contribution in [2.75, 3.05) is 12.3 Å². The highest BCUT2D eigenvalue weighted by Gasteiger charge is 2.18. The van der Waals surface area contributed by atoms with E-state index in [1.165, 1.54) is 37.9 Å². The van der Waals surface area contributed by atoms with Crippen molar-refractivity contribution in [2.45, 2.75) is 70.2 Å². The molecular weight excluding hydrogens is 268 g/mol. The molecule has 0 aliphatic heterocycles. The first kappa shape index (κ1) is 15.8. The third kappa shape index (κ3) is 4.77. The molecule has 0 spiro atoms. The zero-order chi connectivity index (χ0) is 14.2. The fourth-order valence-electron chi connectivity index (χ4n) is 2.89. The molecule has 20 heavy (non-hydrogen) atoms. The van der Waals surface area contributed by atoms with E-state index in [2.05, 4.69) is 41.0 Å². The monoisotopic (exact) mass is 296 g/mol. The molecule has 1 saturated carbocycles. The maximum atomic E-state index is 4.41. The Hall–Kier alpha value is -0.550. The van der Waals surface area contributed by atoms with Crippen LogP contribution in [0.2, 0.25) is 0 Å². The van der Waals surface area contributed by atoms with Crippen molar-refractivity contribution in [1.29, 1.82) is 0 Å². The molecule has 114 valence electrons. The average molecular weight is 296 g/mol. The molecule has 0 bridgehead atoms. The van der Waals surface area contributed by atoms with Gasteiger partial charge in [0.1, 0.15) is 12.2 Å². The standard InChI is InChI=1S/C15H28N4S/c1-3-16-13(10-15-17-12-18-19(15)4-2)11-20-14-8-6-5-7-9-14/h12-14,16H,3-11H2,1-2H3. The number of nitrogens with one attached hydrogen (secondary N) is 1. The third-order valence-corrected chi connectivity index (χ3v) is 5.54. The Bertz CT molecular complexity index is 374. The van der Waals surface area contributed by atoms with Crippen molar-refractivity contribution >= 4 is 11.8 Å². The van der Waals surface area contributed by atoms with Crippen LogP contribution in [0.15, 0.2) is 6.33 Å². The maximum absolute atomic E-state index is 4.41. The van der Waals surface area contributed by atoms with E-state index >= 15 is 0 Å². The van der Waals surface area contributed by atoms with Gasteiger partial charge in [0, 0.05) is 30.0 Å². The van der Waals surface area contributed by atoms with Crippen LogP contribution < -0.4 is 5.32 Å². The number of nitrogens with zero attached hydrogens (tertiary/aromatic N) is 3. The summed E-state index contributed by atoms with van der Waals surface area (Å²) in [6.45, 7) is 6.24. The minimum atomic E-state index is 0.515. The summed E-state index contributed by atoms with van der Waals surface area (Å²) in [6.07, 6.45) is 9.77. The molecule has 0 amide bonds. The van der Waals surface area contributed by atoms with Gasteiger partial charge in [-0.15, -0.1) is 0 Å². The quantitative estimate of drug-likeness (QED) is 0.801. The zero-order valence-electron chi connectivity index (χ0n) is 12.8. The minimum absolute atomic E-state index is 0.515. The predicted octanol–water partition coefficient (Wildman–Crippen LogP) is 2.88. The highest BCUT2D eigenvalue weighted by atomic mass is 32.2. The fourth-order valence-corrected chi connectivity index (χ4v) is 4.30. The van der Waals surface area contributed by atoms with Gasteiger partial charge in [0.05, 0.1) is 0 Å². The van der Waals surface area contributed by atoms with Crippen LogP contribution in [0, 0.1) is 0 Å². The molecule has 1 heterocycles. The van der Waals surface area contributed by atoms with Crippen LogP contribution in [0.5, 0.6) is 0 Å². The van der Waals surface area contributed by atoms with Crippen LogP contribution in [0.4, 0.5) is 0 Å². The number of hydrogen-bond donors (Lipinski definition) is 1. The molecule has 1 atom stereocenters. The zero-order valence-corrected chi connectivity index (χ0v) is 13.7. The number of thioether (sulfide) groups is 1. The first-order valence-corrected chi connectivity index (χ1v) is 9.10. The van der Waals surface area contributed by atoms with E-state index in [0.29, 0.717) is 6.04 Å². The van der Waals surface area contributed by atoms with Gasteiger partial charge in [-0.05, 0) is 26.3 Å². The van der Waals surface area contributed by atoms with Gasteiger partial charge in [0.25, 0.3) is 0 Å². The van der Waals surface area contributed by atoms with Crippen molar-refractivity contribution < 1.29 is 0 Å². The molecule has 1 aliphatic rings. The number of aromatic nitrogens is 3. The molecule has 4 nitrogen and oxygen atoms in total. The molecule has 5 heteroatoms. The van der Waals surface area contributed by atoms with Crippen LogP contribution in [0.1, 0.15) is 51.8 Å². The lowest BCUT2D eigenvalue weighted by Crippen LogP contribution is -2.35. The van der Waals surface area contributed by atoms with Crippen LogP contribution in [0.3, 0.4) is 0 Å². The second-order valence-corrected chi connectivity index (χ2v) is 6.88. The summed E-state index contributed by atoms with van der Waals surface area (Å²) in [5, 5.41) is 8.76. The summed E-state index contributed by atoms with van der Waals surface area (Å²) in [5.41, 5.74) is 0. The van der Waals surface area contributed by atoms with Gasteiger partial charge in [-0.2, -0.15) is 16.9 Å². The number of hydrogen-bond acceptors (Lipinski definition) is 4. The molecule has 0 aromatic carbocycles. The van der Waals surface area contributed by atoms with E-state index in [-0.39, 0.29) is 0 Å². The van der Waals surface area contributed by atoms with Crippen molar-refractivity contribution in [3.05, 3.63) is 12.2 Å². The normalized spacial score (nSPS) is 18.3. The summed E-state index contributed by atoms with van der Waals surface area (Å²) in [4.78, 5) is 4.41. The highest BCUT2D eigenvalue weighted by Crippen LogP contribution is 2.28. The minimum Gasteiger partial charge on any atom is -0.313 e. The molecule has 0 saturated heterocycles. The summed E-state index contributed by atoms with van der Waals surface area (Å²) < 4.78 is 2.01. The molecular formula is C15H28N4S. The van der Waals surface area contributed by atoms with Gasteiger partial charge in [0.2, 0.25) is 0 Å². The smallest absolute Gasteiger partial charge is 0.138 e. The largest absolute Gasteiger partial charge is 0.313 e. The molecule has 1 aromatic rings. The fraction of sp³-hybridized carbons (Fsp3) is 0.867. The van der Waals surface area contributed by atoms with Gasteiger partial charge in [0.15, 0.2) is 0 Å². The summed E-state index contributed by atoms with van der Waals surface area (Å²) in [5.74, 6) is 2.30. The molecule has 0 radical (unpaired) electrons. The Morgan fingerprint density at radius 1 is 1.35 bits per heavy atom. The Labute approximate surface area is 127 Å². The SMILES string of the molecule is CCNC(CSC1CCCCC1)Cc1ncnn1CC. The van der Waals surface area contributed by atoms with Gasteiger partial charge < -0.3 is 5.32 Å². The number of rotatable bonds is 8. The van der Waals surface area contributed by atoms with E-state index in [9.17, 15) is 0 Å². The molecule has 1 aromatic heterocycles. The molecule has 1 aliphatic carbocycles. The molecule has 1 N–H and O–H groups in total. The second kappa shape index (κ2) is 8.67. The highest BCUT2D eigenvalue weighted by molar-refractivity contribution is 7.99. The van der Waals surface area contributed by atoms with E-state index in [0.717, 1.165) is 30.6 Å². The first-order valence-electron chi connectivity index (χ1n) is 8.05. The first-order chi connectivity index (χ1) is 9.83. The lowest BCUT2D eigenvalue weighted by Gasteiger charge is -2.24. The van der Waals surface area contributed by atoms with Crippen molar-refractivity contribution in [2.24, 2.45) is 0 Å². The maximum Gasteiger partial charge on any atom is 0.138 e. The summed E-state index contributed by atoms with van der Waals surface area (Å²) >= 11 is 2.16. The second-order valence-electron chi connectivity index (χ2n) is 5.54. The Balaban J connectivity index is 1.83. The van der Waals surface area contributed by atoms with E-state index in [1.54, 1.807) is 6.33 Å². The summed E-state index contributed by atoms with van der Waals surface area (Å²) in [7, 11) is 0. The van der Waals surface area contributed by atoms with Crippen molar-refractivity contribution in [3.63, 3.8) is 0 Å². The van der Waals surface area contributed by atoms with Gasteiger partial charge >= 0.3 is 0 Å². The van der Waals surface area contributed by atoms with Gasteiger partial charge in [-0.25, -0.2) is 4.98 Å². The Kier molecular flexibility index (Phi) is 6.87. The number of aryl methyl sites for hydroxylation is 1. The summed E-state index contributed by atoms with van der Waals surface area (Å²) in [6, 6.07) is 0.515. The molecule has 2 rings (SSSR count). The van der Waals surface area contributed by atoms with Crippen LogP contribution in [-0.2, 0) is 13.0 Å². The predicted molar refractivity (Wildman–Crippen MR) is 86.2 cm³/mol.